The fourth-order valence-electron chi connectivity index (χ4n) is 3.51. The van der Waals surface area contributed by atoms with Gasteiger partial charge in [0.25, 0.3) is 0 Å². The van der Waals surface area contributed by atoms with E-state index in [2.05, 4.69) is 48.5 Å². The Bertz CT molecular complexity index is 819. The van der Waals surface area contributed by atoms with Crippen molar-refractivity contribution < 1.29 is 14.4 Å². The summed E-state index contributed by atoms with van der Waals surface area (Å²) < 4.78 is 0. The molecule has 0 aliphatic heterocycles. The van der Waals surface area contributed by atoms with Gasteiger partial charge in [-0.3, -0.25) is 19.3 Å². The Balaban J connectivity index is 2.59. The van der Waals surface area contributed by atoms with Gasteiger partial charge in [-0.2, -0.15) is 0 Å². The smallest absolute Gasteiger partial charge is 0.243 e. The maximum atomic E-state index is 12.9. The Hall–Kier alpha value is -1.71. The lowest BCUT2D eigenvalue weighted by Gasteiger charge is -2.22. The van der Waals surface area contributed by atoms with Gasteiger partial charge in [-0.25, -0.2) is 0 Å². The summed E-state index contributed by atoms with van der Waals surface area (Å²) >= 11 is 12.1. The molecule has 0 aromatic heterocycles. The fourth-order valence-corrected chi connectivity index (χ4v) is 4.01. The third-order valence-electron chi connectivity index (χ3n) is 5.81. The second kappa shape index (κ2) is 18.5. The standard InChI is InChI=1S/C26H43Cl2N5O3/c1-5-32(6-2)15-7-12-29-17-25(35)33(19-24(34)31-14-10-20(3)4)26(36)18-30-13-11-21-8-9-22(27)16-23(21)28/h8-9,16,20,29-30H,5-7,10-15,17-19H2,1-4H3,(H,31,34). The number of rotatable bonds is 18. The van der Waals surface area contributed by atoms with Gasteiger partial charge in [-0.15, -0.1) is 0 Å². The number of carbonyl (C=O) groups is 3. The highest BCUT2D eigenvalue weighted by atomic mass is 35.5. The monoisotopic (exact) mass is 543 g/mol. The van der Waals surface area contributed by atoms with Crippen LogP contribution in [-0.4, -0.2) is 86.4 Å². The van der Waals surface area contributed by atoms with Crippen molar-refractivity contribution in [3.63, 3.8) is 0 Å². The van der Waals surface area contributed by atoms with Crippen LogP contribution in [0.15, 0.2) is 18.2 Å². The van der Waals surface area contributed by atoms with Crippen molar-refractivity contribution in [2.75, 3.05) is 58.9 Å². The third-order valence-corrected chi connectivity index (χ3v) is 6.40. The average Bonchev–Trinajstić information content (AvgIpc) is 2.83. The zero-order valence-electron chi connectivity index (χ0n) is 22.2. The highest BCUT2D eigenvalue weighted by molar-refractivity contribution is 6.35. The summed E-state index contributed by atoms with van der Waals surface area (Å²) in [6.45, 7) is 12.6. The molecule has 10 heteroatoms. The SMILES string of the molecule is CCN(CC)CCCNCC(=O)N(CC(=O)NCCC(C)C)C(=O)CNCCc1ccc(Cl)cc1Cl. The molecular formula is C26H43Cl2N5O3. The van der Waals surface area contributed by atoms with Crippen molar-refractivity contribution in [2.45, 2.75) is 47.0 Å². The molecule has 1 rings (SSSR count). The zero-order valence-corrected chi connectivity index (χ0v) is 23.7. The van der Waals surface area contributed by atoms with Gasteiger partial charge in [0.15, 0.2) is 0 Å². The molecule has 8 nitrogen and oxygen atoms in total. The number of halogens is 2. The van der Waals surface area contributed by atoms with Gasteiger partial charge in [0.05, 0.1) is 13.1 Å². The molecular weight excluding hydrogens is 501 g/mol. The van der Waals surface area contributed by atoms with E-state index in [1.807, 2.05) is 6.07 Å². The maximum absolute atomic E-state index is 12.9. The normalized spacial score (nSPS) is 11.2. The molecule has 204 valence electrons. The Morgan fingerprint density at radius 3 is 2.17 bits per heavy atom. The van der Waals surface area contributed by atoms with Crippen LogP contribution in [0.4, 0.5) is 0 Å². The summed E-state index contributed by atoms with van der Waals surface area (Å²) in [6, 6.07) is 5.29. The van der Waals surface area contributed by atoms with Crippen LogP contribution < -0.4 is 16.0 Å². The molecule has 1 aromatic rings. The van der Waals surface area contributed by atoms with Gasteiger partial charge in [0.1, 0.15) is 6.54 Å². The molecule has 0 atom stereocenters. The summed E-state index contributed by atoms with van der Waals surface area (Å²) in [4.78, 5) is 41.5. The molecule has 0 bridgehead atoms. The van der Waals surface area contributed by atoms with Crippen molar-refractivity contribution in [1.82, 2.24) is 25.8 Å². The zero-order chi connectivity index (χ0) is 26.9. The van der Waals surface area contributed by atoms with Crippen LogP contribution in [-0.2, 0) is 20.8 Å². The van der Waals surface area contributed by atoms with E-state index in [4.69, 9.17) is 23.2 Å². The first kappa shape index (κ1) is 32.3. The van der Waals surface area contributed by atoms with E-state index >= 15 is 0 Å². The molecule has 0 unspecified atom stereocenters. The first-order valence-corrected chi connectivity index (χ1v) is 13.6. The second-order valence-corrected chi connectivity index (χ2v) is 9.97. The number of benzene rings is 1. The van der Waals surface area contributed by atoms with E-state index in [1.165, 1.54) is 0 Å². The van der Waals surface area contributed by atoms with Crippen LogP contribution in [0.3, 0.4) is 0 Å². The number of hydrogen-bond acceptors (Lipinski definition) is 6. The van der Waals surface area contributed by atoms with Crippen LogP contribution in [0.1, 0.15) is 46.1 Å². The summed E-state index contributed by atoms with van der Waals surface area (Å²) in [5.41, 5.74) is 0.910. The number of amides is 3. The van der Waals surface area contributed by atoms with Gasteiger partial charge in [0.2, 0.25) is 17.7 Å². The predicted octanol–water partition coefficient (Wildman–Crippen LogP) is 2.96. The lowest BCUT2D eigenvalue weighted by molar-refractivity contribution is -0.147. The summed E-state index contributed by atoms with van der Waals surface area (Å²) in [6.07, 6.45) is 2.32. The van der Waals surface area contributed by atoms with Gasteiger partial charge in [-0.1, -0.05) is 57.0 Å². The van der Waals surface area contributed by atoms with Crippen molar-refractivity contribution in [3.05, 3.63) is 33.8 Å². The predicted molar refractivity (Wildman–Crippen MR) is 147 cm³/mol. The van der Waals surface area contributed by atoms with E-state index in [-0.39, 0.29) is 25.5 Å². The third kappa shape index (κ3) is 13.6. The Labute approximate surface area is 226 Å². The molecule has 3 amide bonds. The Morgan fingerprint density at radius 2 is 1.58 bits per heavy atom. The number of imide groups is 1. The highest BCUT2D eigenvalue weighted by Crippen LogP contribution is 2.21. The first-order valence-electron chi connectivity index (χ1n) is 12.8. The van der Waals surface area contributed by atoms with E-state index in [0.717, 1.165) is 42.9 Å². The Morgan fingerprint density at radius 1 is 0.944 bits per heavy atom. The van der Waals surface area contributed by atoms with Crippen molar-refractivity contribution in [3.8, 4) is 0 Å². The van der Waals surface area contributed by atoms with E-state index < -0.39 is 11.8 Å². The summed E-state index contributed by atoms with van der Waals surface area (Å²) in [5.74, 6) is -0.745. The van der Waals surface area contributed by atoms with Crippen molar-refractivity contribution in [1.29, 1.82) is 0 Å². The average molecular weight is 545 g/mol. The first-order chi connectivity index (χ1) is 17.2. The largest absolute Gasteiger partial charge is 0.355 e. The van der Waals surface area contributed by atoms with Gasteiger partial charge < -0.3 is 20.9 Å². The molecule has 1 aromatic carbocycles. The molecule has 0 aliphatic carbocycles. The molecule has 3 N–H and O–H groups in total. The summed E-state index contributed by atoms with van der Waals surface area (Å²) in [5, 5.41) is 10.1. The number of nitrogens with one attached hydrogen (secondary N) is 3. The fraction of sp³-hybridized carbons (Fsp3) is 0.654. The van der Waals surface area contributed by atoms with Crippen molar-refractivity contribution in [2.24, 2.45) is 5.92 Å². The molecule has 36 heavy (non-hydrogen) atoms. The van der Waals surface area contributed by atoms with Gasteiger partial charge in [-0.05, 0) is 75.6 Å². The quantitative estimate of drug-likeness (QED) is 0.246. The minimum Gasteiger partial charge on any atom is -0.355 e. The van der Waals surface area contributed by atoms with E-state index in [0.29, 0.717) is 42.0 Å². The molecule has 0 saturated carbocycles. The number of carbonyl (C=O) groups excluding carboxylic acids is 3. The van der Waals surface area contributed by atoms with Gasteiger partial charge >= 0.3 is 0 Å². The molecule has 0 saturated heterocycles. The lowest BCUT2D eigenvalue weighted by atomic mass is 10.1. The van der Waals surface area contributed by atoms with Crippen LogP contribution in [0.2, 0.25) is 10.0 Å². The minimum absolute atomic E-state index is 0.00362. The Kier molecular flexibility index (Phi) is 16.6. The topological polar surface area (TPSA) is 93.8 Å². The number of nitrogens with zero attached hydrogens (tertiary/aromatic N) is 2. The number of hydrogen-bond donors (Lipinski definition) is 3. The van der Waals surface area contributed by atoms with E-state index in [1.54, 1.807) is 12.1 Å². The van der Waals surface area contributed by atoms with Crippen LogP contribution >= 0.6 is 23.2 Å². The molecule has 0 fully saturated rings. The van der Waals surface area contributed by atoms with E-state index in [9.17, 15) is 14.4 Å². The van der Waals surface area contributed by atoms with Crippen molar-refractivity contribution >= 4 is 40.9 Å². The maximum Gasteiger partial charge on any atom is 0.243 e. The van der Waals surface area contributed by atoms with Crippen LogP contribution in [0.5, 0.6) is 0 Å². The molecule has 0 radical (unpaired) electrons. The minimum atomic E-state index is -0.439. The molecule has 0 aliphatic rings. The molecule has 0 spiro atoms. The highest BCUT2D eigenvalue weighted by Gasteiger charge is 2.23. The van der Waals surface area contributed by atoms with Gasteiger partial charge in [0, 0.05) is 16.6 Å². The molecule has 0 heterocycles. The summed E-state index contributed by atoms with van der Waals surface area (Å²) in [7, 11) is 0. The van der Waals surface area contributed by atoms with Crippen LogP contribution in [0.25, 0.3) is 0 Å². The second-order valence-electron chi connectivity index (χ2n) is 9.13. The lowest BCUT2D eigenvalue weighted by Crippen LogP contribution is -2.50. The van der Waals surface area contributed by atoms with Crippen LogP contribution in [0, 0.1) is 5.92 Å².